The number of rotatable bonds is 4. The zero-order chi connectivity index (χ0) is 27.2. The second-order valence-electron chi connectivity index (χ2n) is 10.4. The first-order valence-electron chi connectivity index (χ1n) is 12.4. The lowest BCUT2D eigenvalue weighted by Crippen LogP contribution is -2.45. The summed E-state index contributed by atoms with van der Waals surface area (Å²) in [7, 11) is 1.83. The molecular weight excluding hydrogens is 488 g/mol. The quantitative estimate of drug-likeness (QED) is 0.327. The van der Waals surface area contributed by atoms with Crippen molar-refractivity contribution in [2.45, 2.75) is 44.8 Å². The van der Waals surface area contributed by atoms with Gasteiger partial charge in [-0.1, -0.05) is 44.2 Å². The Morgan fingerprint density at radius 1 is 1.08 bits per heavy atom. The highest BCUT2D eigenvalue weighted by molar-refractivity contribution is 5.94. The first-order valence-corrected chi connectivity index (χ1v) is 12.4. The first kappa shape index (κ1) is 25.5. The van der Waals surface area contributed by atoms with Crippen molar-refractivity contribution in [1.29, 1.82) is 0 Å². The number of nitrogens with one attached hydrogen (secondary N) is 2. The number of nitrogens with zero attached hydrogens (tertiary/aromatic N) is 3. The highest BCUT2D eigenvalue weighted by Crippen LogP contribution is 2.42. The van der Waals surface area contributed by atoms with Gasteiger partial charge in [0.2, 0.25) is 0 Å². The van der Waals surface area contributed by atoms with Crippen LogP contribution in [-0.4, -0.2) is 32.0 Å². The number of amides is 2. The molecule has 0 saturated carbocycles. The van der Waals surface area contributed by atoms with Crippen molar-refractivity contribution in [3.8, 4) is 22.6 Å². The van der Waals surface area contributed by atoms with E-state index in [2.05, 4.69) is 15.7 Å². The molecule has 1 aliphatic carbocycles. The lowest BCUT2D eigenvalue weighted by atomic mass is 9.69. The SMILES string of the molecule is Cc1cc(NC(=O)N[C@@H]2c3cc(F)c(F)cc3C(C)(C)C[C@@H]2O)c(-c2ccccc2)nc1-c1ccn(C)n1. The molecule has 0 bridgehead atoms. The Hall–Kier alpha value is -4.11. The number of hydrogen-bond donors (Lipinski definition) is 3. The van der Waals surface area contributed by atoms with Gasteiger partial charge in [0.25, 0.3) is 0 Å². The van der Waals surface area contributed by atoms with Gasteiger partial charge in [-0.05, 0) is 59.7 Å². The van der Waals surface area contributed by atoms with Crippen molar-refractivity contribution in [3.05, 3.63) is 89.1 Å². The second kappa shape index (κ2) is 9.64. The van der Waals surface area contributed by atoms with Crippen LogP contribution in [0.4, 0.5) is 19.3 Å². The third kappa shape index (κ3) is 4.77. The Bertz CT molecular complexity index is 1520. The summed E-state index contributed by atoms with van der Waals surface area (Å²) in [5, 5.41) is 21.0. The van der Waals surface area contributed by atoms with Gasteiger partial charge in [-0.25, -0.2) is 18.6 Å². The summed E-state index contributed by atoms with van der Waals surface area (Å²) in [6.45, 7) is 5.59. The number of aliphatic hydroxyl groups is 1. The van der Waals surface area contributed by atoms with E-state index in [1.165, 1.54) is 0 Å². The van der Waals surface area contributed by atoms with Crippen molar-refractivity contribution < 1.29 is 18.7 Å². The van der Waals surface area contributed by atoms with E-state index in [-0.39, 0.29) is 6.42 Å². The predicted octanol–water partition coefficient (Wildman–Crippen LogP) is 5.64. The van der Waals surface area contributed by atoms with Crippen molar-refractivity contribution in [2.75, 3.05) is 5.32 Å². The molecule has 2 aromatic carbocycles. The Morgan fingerprint density at radius 2 is 1.79 bits per heavy atom. The zero-order valence-corrected chi connectivity index (χ0v) is 21.6. The Morgan fingerprint density at radius 3 is 2.47 bits per heavy atom. The van der Waals surface area contributed by atoms with E-state index >= 15 is 0 Å². The molecule has 5 rings (SSSR count). The van der Waals surface area contributed by atoms with Gasteiger partial charge in [-0.15, -0.1) is 0 Å². The summed E-state index contributed by atoms with van der Waals surface area (Å²) >= 11 is 0. The van der Waals surface area contributed by atoms with Gasteiger partial charge in [0.05, 0.1) is 29.2 Å². The van der Waals surface area contributed by atoms with Crippen molar-refractivity contribution in [3.63, 3.8) is 0 Å². The van der Waals surface area contributed by atoms with Crippen LogP contribution in [0.3, 0.4) is 0 Å². The lowest BCUT2D eigenvalue weighted by molar-refractivity contribution is 0.0878. The molecule has 1 aliphatic rings. The van der Waals surface area contributed by atoms with Gasteiger partial charge in [0.1, 0.15) is 5.69 Å². The highest BCUT2D eigenvalue weighted by Gasteiger charge is 2.40. The number of halogens is 2. The number of urea groups is 1. The number of fused-ring (bicyclic) bond motifs is 1. The van der Waals surface area contributed by atoms with E-state index in [1.54, 1.807) is 4.68 Å². The Kier molecular flexibility index (Phi) is 6.48. The molecule has 0 radical (unpaired) electrons. The number of aromatic nitrogens is 3. The average Bonchev–Trinajstić information content (AvgIpc) is 3.29. The maximum atomic E-state index is 14.2. The minimum atomic E-state index is -1.03. The summed E-state index contributed by atoms with van der Waals surface area (Å²) in [5.74, 6) is -1.99. The van der Waals surface area contributed by atoms with Crippen LogP contribution in [0, 0.1) is 18.6 Å². The number of benzene rings is 2. The molecule has 9 heteroatoms. The topological polar surface area (TPSA) is 92.1 Å². The molecule has 3 N–H and O–H groups in total. The molecule has 0 spiro atoms. The number of hydrogen-bond acceptors (Lipinski definition) is 4. The molecule has 0 saturated heterocycles. The summed E-state index contributed by atoms with van der Waals surface area (Å²) in [6.07, 6.45) is 1.11. The smallest absolute Gasteiger partial charge is 0.319 e. The van der Waals surface area contributed by atoms with Gasteiger partial charge in [0.15, 0.2) is 11.6 Å². The minimum absolute atomic E-state index is 0.269. The number of carbonyl (C=O) groups excluding carboxylic acids is 1. The number of aliphatic hydroxyl groups excluding tert-OH is 1. The van der Waals surface area contributed by atoms with Crippen LogP contribution in [0.15, 0.2) is 60.8 Å². The standard InChI is InChI=1S/C29H29F2N5O2/c1-16-12-23(26(17-8-6-5-7-9-17)33-25(16)22-10-11-36(4)35-22)32-28(38)34-27-18-13-20(30)21(31)14-19(18)29(2,3)15-24(27)37/h5-14,24,27,37H,15H2,1-4H3,(H2,32,34,38)/t24-,27+/m0/s1. The molecule has 2 amide bonds. The van der Waals surface area contributed by atoms with Crippen molar-refractivity contribution in [1.82, 2.24) is 20.1 Å². The lowest BCUT2D eigenvalue weighted by Gasteiger charge is -2.40. The third-order valence-electron chi connectivity index (χ3n) is 7.01. The molecular formula is C29H29F2N5O2. The largest absolute Gasteiger partial charge is 0.391 e. The number of anilines is 1. The van der Waals surface area contributed by atoms with Crippen LogP contribution in [0.25, 0.3) is 22.6 Å². The third-order valence-corrected chi connectivity index (χ3v) is 7.01. The van der Waals surface area contributed by atoms with Crippen LogP contribution >= 0.6 is 0 Å². The predicted molar refractivity (Wildman–Crippen MR) is 142 cm³/mol. The van der Waals surface area contributed by atoms with Gasteiger partial charge >= 0.3 is 6.03 Å². The van der Waals surface area contributed by atoms with Crippen molar-refractivity contribution in [2.24, 2.45) is 7.05 Å². The van der Waals surface area contributed by atoms with Crippen LogP contribution < -0.4 is 10.6 Å². The monoisotopic (exact) mass is 517 g/mol. The van der Waals surface area contributed by atoms with E-state index in [1.807, 2.05) is 76.5 Å². The highest BCUT2D eigenvalue weighted by atomic mass is 19.2. The number of carbonyl (C=O) groups is 1. The average molecular weight is 518 g/mol. The molecule has 2 aromatic heterocycles. The molecule has 0 unspecified atom stereocenters. The Balaban J connectivity index is 1.49. The maximum Gasteiger partial charge on any atom is 0.319 e. The molecule has 38 heavy (non-hydrogen) atoms. The van der Waals surface area contributed by atoms with Gasteiger partial charge in [-0.3, -0.25) is 4.68 Å². The fourth-order valence-electron chi connectivity index (χ4n) is 5.16. The van der Waals surface area contributed by atoms with Gasteiger partial charge < -0.3 is 15.7 Å². The molecule has 4 aromatic rings. The molecule has 2 heterocycles. The summed E-state index contributed by atoms with van der Waals surface area (Å²) in [5.41, 5.74) is 4.31. The summed E-state index contributed by atoms with van der Waals surface area (Å²) in [4.78, 5) is 18.1. The van der Waals surface area contributed by atoms with Crippen LogP contribution in [0.2, 0.25) is 0 Å². The van der Waals surface area contributed by atoms with Crippen LogP contribution in [0.1, 0.15) is 43.0 Å². The molecule has 0 aliphatic heterocycles. The molecule has 7 nitrogen and oxygen atoms in total. The number of aryl methyl sites for hydroxylation is 2. The normalized spacial score (nSPS) is 18.1. The summed E-state index contributed by atoms with van der Waals surface area (Å²) in [6, 6.07) is 13.8. The van der Waals surface area contributed by atoms with E-state index in [9.17, 15) is 18.7 Å². The Labute approximate surface area is 219 Å². The molecule has 196 valence electrons. The van der Waals surface area contributed by atoms with E-state index in [0.717, 1.165) is 23.3 Å². The molecule has 0 fully saturated rings. The van der Waals surface area contributed by atoms with Gasteiger partial charge in [0, 0.05) is 18.8 Å². The minimum Gasteiger partial charge on any atom is -0.391 e. The van der Waals surface area contributed by atoms with E-state index in [0.29, 0.717) is 33.9 Å². The fourth-order valence-corrected chi connectivity index (χ4v) is 5.16. The molecule has 2 atom stereocenters. The van der Waals surface area contributed by atoms with E-state index in [4.69, 9.17) is 4.98 Å². The number of pyridine rings is 1. The van der Waals surface area contributed by atoms with Crippen molar-refractivity contribution >= 4 is 11.7 Å². The van der Waals surface area contributed by atoms with Gasteiger partial charge in [-0.2, -0.15) is 5.10 Å². The zero-order valence-electron chi connectivity index (χ0n) is 21.6. The van der Waals surface area contributed by atoms with Crippen LogP contribution in [0.5, 0.6) is 0 Å². The second-order valence-corrected chi connectivity index (χ2v) is 10.4. The fraction of sp³-hybridized carbons (Fsp3) is 0.276. The first-order chi connectivity index (χ1) is 18.0. The summed E-state index contributed by atoms with van der Waals surface area (Å²) < 4.78 is 30.0. The van der Waals surface area contributed by atoms with Crippen LogP contribution in [-0.2, 0) is 12.5 Å². The maximum absolute atomic E-state index is 14.2. The van der Waals surface area contributed by atoms with E-state index < -0.39 is 35.2 Å².